The minimum Gasteiger partial charge on any atom is -0.494 e. The van der Waals surface area contributed by atoms with E-state index in [2.05, 4.69) is 17.6 Å². The quantitative estimate of drug-likeness (QED) is 0.367. The summed E-state index contributed by atoms with van der Waals surface area (Å²) in [6.07, 6.45) is 2.66. The molecule has 3 aromatic rings. The van der Waals surface area contributed by atoms with Crippen molar-refractivity contribution in [1.29, 1.82) is 0 Å². The van der Waals surface area contributed by atoms with E-state index in [0.29, 0.717) is 51.6 Å². The van der Waals surface area contributed by atoms with Crippen LogP contribution >= 0.6 is 11.3 Å². The number of benzene rings is 2. The first-order valence-corrected chi connectivity index (χ1v) is 13.0. The summed E-state index contributed by atoms with van der Waals surface area (Å²) in [5, 5.41) is 6.49. The first kappa shape index (κ1) is 26.3. The Hall–Kier alpha value is -3.72. The monoisotopic (exact) mass is 524 g/mol. The smallest absolute Gasteiger partial charge is 0.258 e. The first-order valence-electron chi connectivity index (χ1n) is 12.2. The second-order valence-corrected chi connectivity index (χ2v) is 9.94. The Morgan fingerprint density at radius 1 is 0.973 bits per heavy atom. The number of carbonyl (C=O) groups is 2. The van der Waals surface area contributed by atoms with Gasteiger partial charge >= 0.3 is 0 Å². The van der Waals surface area contributed by atoms with E-state index in [9.17, 15) is 9.59 Å². The Morgan fingerprint density at radius 2 is 1.65 bits per heavy atom. The molecule has 0 radical (unpaired) electrons. The van der Waals surface area contributed by atoms with Crippen molar-refractivity contribution in [3.8, 4) is 23.0 Å². The van der Waals surface area contributed by atoms with E-state index in [-0.39, 0.29) is 11.8 Å². The normalized spacial score (nSPS) is 14.4. The predicted molar refractivity (Wildman–Crippen MR) is 145 cm³/mol. The molecule has 1 unspecified atom stereocenters. The maximum Gasteiger partial charge on any atom is 0.258 e. The lowest BCUT2D eigenvalue weighted by atomic mass is 9.88. The van der Waals surface area contributed by atoms with Gasteiger partial charge in [0.2, 0.25) is 5.75 Å². The minimum atomic E-state index is -0.374. The van der Waals surface area contributed by atoms with Crippen molar-refractivity contribution < 1.29 is 28.5 Å². The average molecular weight is 525 g/mol. The Balaban J connectivity index is 1.65. The van der Waals surface area contributed by atoms with Crippen molar-refractivity contribution in [3.05, 3.63) is 58.0 Å². The lowest BCUT2D eigenvalue weighted by Gasteiger charge is -2.18. The van der Waals surface area contributed by atoms with Crippen LogP contribution < -0.4 is 29.6 Å². The van der Waals surface area contributed by atoms with E-state index in [1.807, 2.05) is 19.1 Å². The topological polar surface area (TPSA) is 95.1 Å². The summed E-state index contributed by atoms with van der Waals surface area (Å²) in [5.74, 6) is 1.78. The summed E-state index contributed by atoms with van der Waals surface area (Å²) in [4.78, 5) is 28.0. The van der Waals surface area contributed by atoms with E-state index in [4.69, 9.17) is 18.9 Å². The zero-order valence-corrected chi connectivity index (χ0v) is 22.5. The third-order valence-corrected chi connectivity index (χ3v) is 7.49. The van der Waals surface area contributed by atoms with E-state index < -0.39 is 0 Å². The molecule has 37 heavy (non-hydrogen) atoms. The van der Waals surface area contributed by atoms with Gasteiger partial charge in [0.1, 0.15) is 10.8 Å². The number of fused-ring (bicyclic) bond motifs is 1. The number of carbonyl (C=O) groups excluding carboxylic acids is 2. The molecule has 8 nitrogen and oxygen atoms in total. The Bertz CT molecular complexity index is 1260. The van der Waals surface area contributed by atoms with Gasteiger partial charge in [0.15, 0.2) is 11.5 Å². The molecule has 0 spiro atoms. The minimum absolute atomic E-state index is 0.253. The zero-order chi connectivity index (χ0) is 26.5. The van der Waals surface area contributed by atoms with Gasteiger partial charge in [-0.05, 0) is 74.1 Å². The van der Waals surface area contributed by atoms with Crippen LogP contribution in [0.2, 0.25) is 0 Å². The van der Waals surface area contributed by atoms with E-state index in [0.717, 1.165) is 35.5 Å². The molecule has 1 atom stereocenters. The zero-order valence-electron chi connectivity index (χ0n) is 21.7. The van der Waals surface area contributed by atoms with Crippen LogP contribution in [0.25, 0.3) is 0 Å². The number of anilines is 2. The first-order chi connectivity index (χ1) is 17.9. The molecular formula is C28H32N2O6S. The van der Waals surface area contributed by atoms with E-state index in [1.165, 1.54) is 32.7 Å². The van der Waals surface area contributed by atoms with Crippen LogP contribution in [0.5, 0.6) is 23.0 Å². The van der Waals surface area contributed by atoms with E-state index in [1.54, 1.807) is 24.3 Å². The second kappa shape index (κ2) is 11.6. The maximum absolute atomic E-state index is 13.5. The van der Waals surface area contributed by atoms with Gasteiger partial charge in [-0.25, -0.2) is 0 Å². The largest absolute Gasteiger partial charge is 0.494 e. The number of nitrogens with one attached hydrogen (secondary N) is 2. The number of rotatable bonds is 9. The summed E-state index contributed by atoms with van der Waals surface area (Å²) in [6.45, 7) is 4.70. The molecule has 4 rings (SSSR count). The molecule has 9 heteroatoms. The summed E-state index contributed by atoms with van der Waals surface area (Å²) in [6, 6.07) is 10.4. The van der Waals surface area contributed by atoms with Crippen molar-refractivity contribution in [2.24, 2.45) is 5.92 Å². The van der Waals surface area contributed by atoms with Gasteiger partial charge in [-0.2, -0.15) is 0 Å². The summed E-state index contributed by atoms with van der Waals surface area (Å²) in [7, 11) is 4.50. The lowest BCUT2D eigenvalue weighted by molar-refractivity contribution is 0.102. The van der Waals surface area contributed by atoms with Crippen LogP contribution in [0.3, 0.4) is 0 Å². The Morgan fingerprint density at radius 3 is 2.24 bits per heavy atom. The highest BCUT2D eigenvalue weighted by atomic mass is 32.1. The molecular weight excluding hydrogens is 492 g/mol. The number of methoxy groups -OCH3 is 3. The fourth-order valence-corrected chi connectivity index (χ4v) is 5.86. The fraction of sp³-hybridized carbons (Fsp3) is 0.357. The average Bonchev–Trinajstić information content (AvgIpc) is 3.25. The Labute approximate surface area is 220 Å². The van der Waals surface area contributed by atoms with Crippen molar-refractivity contribution in [2.45, 2.75) is 33.1 Å². The van der Waals surface area contributed by atoms with Crippen molar-refractivity contribution in [3.63, 3.8) is 0 Å². The number of ether oxygens (including phenoxy) is 4. The molecule has 1 heterocycles. The highest BCUT2D eigenvalue weighted by Crippen LogP contribution is 2.41. The van der Waals surface area contributed by atoms with Crippen molar-refractivity contribution in [2.75, 3.05) is 38.6 Å². The molecule has 0 fully saturated rings. The third kappa shape index (κ3) is 5.67. The molecule has 0 aliphatic heterocycles. The summed E-state index contributed by atoms with van der Waals surface area (Å²) < 4.78 is 21.6. The number of thiophene rings is 1. The lowest BCUT2D eigenvalue weighted by Crippen LogP contribution is -2.19. The molecule has 2 N–H and O–H groups in total. The van der Waals surface area contributed by atoms with Crippen LogP contribution in [0.15, 0.2) is 36.4 Å². The highest BCUT2D eigenvalue weighted by molar-refractivity contribution is 7.17. The maximum atomic E-state index is 13.5. The van der Waals surface area contributed by atoms with Crippen LogP contribution in [-0.2, 0) is 12.8 Å². The molecule has 2 aromatic carbocycles. The molecule has 1 aliphatic carbocycles. The van der Waals surface area contributed by atoms with Gasteiger partial charge in [0.05, 0.1) is 33.5 Å². The van der Waals surface area contributed by atoms with E-state index >= 15 is 0 Å². The van der Waals surface area contributed by atoms with Gasteiger partial charge < -0.3 is 29.6 Å². The van der Waals surface area contributed by atoms with Crippen molar-refractivity contribution in [1.82, 2.24) is 0 Å². The van der Waals surface area contributed by atoms with Crippen LogP contribution in [-0.4, -0.2) is 39.8 Å². The molecule has 1 aromatic heterocycles. The number of hydrogen-bond acceptors (Lipinski definition) is 7. The van der Waals surface area contributed by atoms with Crippen molar-refractivity contribution >= 4 is 33.8 Å². The summed E-state index contributed by atoms with van der Waals surface area (Å²) >= 11 is 1.46. The fourth-order valence-electron chi connectivity index (χ4n) is 4.46. The second-order valence-electron chi connectivity index (χ2n) is 8.84. The van der Waals surface area contributed by atoms with Gasteiger partial charge in [0.25, 0.3) is 11.8 Å². The van der Waals surface area contributed by atoms with Gasteiger partial charge in [-0.15, -0.1) is 11.3 Å². The molecule has 0 saturated heterocycles. The summed E-state index contributed by atoms with van der Waals surface area (Å²) in [5.41, 5.74) is 2.50. The van der Waals surface area contributed by atoms with Crippen LogP contribution in [0.4, 0.5) is 10.7 Å². The SMILES string of the molecule is CCOc1ccc(NC(=O)c2c(NC(=O)c3cc(OC)c(OC)c(OC)c3)sc3c2CCC(C)C3)cc1. The van der Waals surface area contributed by atoms with Gasteiger partial charge in [0, 0.05) is 16.1 Å². The highest BCUT2D eigenvalue weighted by Gasteiger charge is 2.29. The predicted octanol–water partition coefficient (Wildman–Crippen LogP) is 5.80. The number of amides is 2. The third-order valence-electron chi connectivity index (χ3n) is 6.32. The Kier molecular flexibility index (Phi) is 8.23. The number of hydrogen-bond donors (Lipinski definition) is 2. The molecule has 2 amide bonds. The van der Waals surface area contributed by atoms with Crippen LogP contribution in [0.1, 0.15) is 51.4 Å². The van der Waals surface area contributed by atoms with Gasteiger partial charge in [-0.3, -0.25) is 9.59 Å². The molecule has 196 valence electrons. The van der Waals surface area contributed by atoms with Gasteiger partial charge in [-0.1, -0.05) is 6.92 Å². The van der Waals surface area contributed by atoms with Crippen LogP contribution in [0, 0.1) is 5.92 Å². The molecule has 0 saturated carbocycles. The molecule has 0 bridgehead atoms. The standard InChI is InChI=1S/C28H32N2O6S/c1-6-36-19-10-8-18(9-11-19)29-27(32)24-20-12-7-16(2)13-23(20)37-28(24)30-26(31)17-14-21(33-3)25(35-5)22(15-17)34-4/h8-11,14-16H,6-7,12-13H2,1-5H3,(H,29,32)(H,30,31). The molecule has 1 aliphatic rings.